The van der Waals surface area contributed by atoms with Crippen LogP contribution in [0.4, 0.5) is 0 Å². The van der Waals surface area contributed by atoms with Gasteiger partial charge in [-0.15, -0.1) is 12.4 Å². The van der Waals surface area contributed by atoms with E-state index in [-0.39, 0.29) is 12.4 Å². The Bertz CT molecular complexity index is 566. The first-order valence-corrected chi connectivity index (χ1v) is 7.24. The minimum atomic E-state index is 0. The molecular formula is C15H23ClN4. The molecule has 1 fully saturated rings. The fourth-order valence-electron chi connectivity index (χ4n) is 3.23. The van der Waals surface area contributed by atoms with Crippen molar-refractivity contribution in [2.24, 2.45) is 5.73 Å². The van der Waals surface area contributed by atoms with E-state index in [4.69, 9.17) is 10.7 Å². The van der Waals surface area contributed by atoms with E-state index in [1.165, 1.54) is 24.2 Å². The molecule has 1 aliphatic heterocycles. The van der Waals surface area contributed by atoms with Gasteiger partial charge >= 0.3 is 0 Å². The maximum absolute atomic E-state index is 5.73. The molecule has 4 nitrogen and oxygen atoms in total. The summed E-state index contributed by atoms with van der Waals surface area (Å²) >= 11 is 0. The highest BCUT2D eigenvalue weighted by molar-refractivity contribution is 5.85. The lowest BCUT2D eigenvalue weighted by molar-refractivity contribution is 0.251. The van der Waals surface area contributed by atoms with Crippen LogP contribution in [0.1, 0.15) is 31.6 Å². The summed E-state index contributed by atoms with van der Waals surface area (Å²) in [5.74, 6) is 1.22. The number of benzene rings is 1. The average Bonchev–Trinajstić information content (AvgIpc) is 3.02. The first-order valence-electron chi connectivity index (χ1n) is 7.24. The molecule has 1 aromatic carbocycles. The number of hydrogen-bond acceptors (Lipinski definition) is 3. The number of halogens is 1. The van der Waals surface area contributed by atoms with Gasteiger partial charge in [-0.1, -0.05) is 12.1 Å². The maximum Gasteiger partial charge on any atom is 0.127 e. The van der Waals surface area contributed by atoms with Gasteiger partial charge in [0.05, 0.1) is 17.1 Å². The van der Waals surface area contributed by atoms with E-state index in [1.807, 2.05) is 0 Å². The van der Waals surface area contributed by atoms with Crippen LogP contribution in [0.3, 0.4) is 0 Å². The molecule has 1 atom stereocenters. The molecule has 0 amide bonds. The highest BCUT2D eigenvalue weighted by Crippen LogP contribution is 2.32. The molecule has 0 spiro atoms. The largest absolute Gasteiger partial charge is 0.329 e. The summed E-state index contributed by atoms with van der Waals surface area (Å²) in [5, 5.41) is 0. The smallest absolute Gasteiger partial charge is 0.127 e. The molecule has 1 aromatic heterocycles. The van der Waals surface area contributed by atoms with Crippen LogP contribution in [-0.2, 0) is 6.54 Å². The average molecular weight is 295 g/mol. The van der Waals surface area contributed by atoms with Gasteiger partial charge in [0, 0.05) is 19.6 Å². The van der Waals surface area contributed by atoms with E-state index in [9.17, 15) is 0 Å². The molecular weight excluding hydrogens is 272 g/mol. The first kappa shape index (κ1) is 15.3. The normalized spacial score (nSPS) is 19.4. The third-order valence-corrected chi connectivity index (χ3v) is 4.08. The molecule has 20 heavy (non-hydrogen) atoms. The van der Waals surface area contributed by atoms with Crippen molar-refractivity contribution < 1.29 is 0 Å². The molecule has 0 saturated carbocycles. The van der Waals surface area contributed by atoms with E-state index in [2.05, 4.69) is 40.7 Å². The van der Waals surface area contributed by atoms with Gasteiger partial charge in [0.1, 0.15) is 5.82 Å². The summed E-state index contributed by atoms with van der Waals surface area (Å²) in [4.78, 5) is 7.36. The second-order valence-electron chi connectivity index (χ2n) is 5.19. The minimum absolute atomic E-state index is 0. The number of aryl methyl sites for hydroxylation is 1. The lowest BCUT2D eigenvalue weighted by atomic mass is 10.2. The number of likely N-dealkylation sites (tertiary alicyclic amines) is 1. The zero-order chi connectivity index (χ0) is 13.2. The third kappa shape index (κ3) is 2.55. The summed E-state index contributed by atoms with van der Waals surface area (Å²) < 4.78 is 2.36. The van der Waals surface area contributed by atoms with E-state index < -0.39 is 0 Å². The van der Waals surface area contributed by atoms with Crippen molar-refractivity contribution in [1.29, 1.82) is 0 Å². The Morgan fingerprint density at radius 2 is 2.15 bits per heavy atom. The number of hydrogen-bond donors (Lipinski definition) is 1. The van der Waals surface area contributed by atoms with Crippen molar-refractivity contribution >= 4 is 23.4 Å². The number of fused-ring (bicyclic) bond motifs is 1. The number of nitrogens with two attached hydrogens (primary N) is 1. The van der Waals surface area contributed by atoms with Gasteiger partial charge < -0.3 is 10.3 Å². The molecule has 0 bridgehead atoms. The zero-order valence-electron chi connectivity index (χ0n) is 12.0. The number of rotatable bonds is 4. The van der Waals surface area contributed by atoms with Crippen LogP contribution in [0.2, 0.25) is 0 Å². The van der Waals surface area contributed by atoms with Crippen molar-refractivity contribution in [3.8, 4) is 0 Å². The zero-order valence-corrected chi connectivity index (χ0v) is 12.8. The quantitative estimate of drug-likeness (QED) is 0.943. The molecule has 1 unspecified atom stereocenters. The molecule has 0 aliphatic carbocycles. The fraction of sp³-hybridized carbons (Fsp3) is 0.533. The van der Waals surface area contributed by atoms with E-state index in [0.29, 0.717) is 6.04 Å². The highest BCUT2D eigenvalue weighted by atomic mass is 35.5. The predicted octanol–water partition coefficient (Wildman–Crippen LogP) is 2.57. The summed E-state index contributed by atoms with van der Waals surface area (Å²) in [6.45, 7) is 6.01. The number of aromatic nitrogens is 2. The fourth-order valence-corrected chi connectivity index (χ4v) is 3.23. The van der Waals surface area contributed by atoms with Crippen LogP contribution in [0.5, 0.6) is 0 Å². The molecule has 0 radical (unpaired) electrons. The molecule has 110 valence electrons. The van der Waals surface area contributed by atoms with Gasteiger partial charge in [0.15, 0.2) is 0 Å². The maximum atomic E-state index is 5.73. The molecule has 2 heterocycles. The van der Waals surface area contributed by atoms with Crippen LogP contribution in [-0.4, -0.2) is 34.1 Å². The molecule has 3 rings (SSSR count). The Balaban J connectivity index is 0.00000147. The lowest BCUT2D eigenvalue weighted by Gasteiger charge is -2.23. The number of para-hydroxylation sites is 2. The predicted molar refractivity (Wildman–Crippen MR) is 85.3 cm³/mol. The Hall–Kier alpha value is -1.10. The van der Waals surface area contributed by atoms with Crippen LogP contribution in [0, 0.1) is 0 Å². The number of nitrogens with zero attached hydrogens (tertiary/aromatic N) is 3. The van der Waals surface area contributed by atoms with Crippen LogP contribution >= 0.6 is 12.4 Å². The second-order valence-corrected chi connectivity index (χ2v) is 5.19. The van der Waals surface area contributed by atoms with Crippen LogP contribution in [0.25, 0.3) is 11.0 Å². The molecule has 5 heteroatoms. The van der Waals surface area contributed by atoms with Crippen molar-refractivity contribution in [3.63, 3.8) is 0 Å². The summed E-state index contributed by atoms with van der Waals surface area (Å²) in [6.07, 6.45) is 2.45. The summed E-state index contributed by atoms with van der Waals surface area (Å²) in [7, 11) is 0. The Labute approximate surface area is 126 Å². The molecule has 1 saturated heterocycles. The van der Waals surface area contributed by atoms with Gasteiger partial charge in [0.25, 0.3) is 0 Å². The van der Waals surface area contributed by atoms with E-state index in [0.717, 1.165) is 31.7 Å². The van der Waals surface area contributed by atoms with Crippen molar-refractivity contribution in [2.75, 3.05) is 19.6 Å². The first-order chi connectivity index (χ1) is 9.35. The van der Waals surface area contributed by atoms with Crippen molar-refractivity contribution in [3.05, 3.63) is 30.1 Å². The Kier molecular flexibility index (Phi) is 5.02. The van der Waals surface area contributed by atoms with Gasteiger partial charge in [-0.25, -0.2) is 4.98 Å². The second kappa shape index (κ2) is 6.57. The molecule has 2 aromatic rings. The van der Waals surface area contributed by atoms with Crippen LogP contribution < -0.4 is 5.73 Å². The Morgan fingerprint density at radius 3 is 2.90 bits per heavy atom. The Morgan fingerprint density at radius 1 is 1.35 bits per heavy atom. The van der Waals surface area contributed by atoms with E-state index in [1.54, 1.807) is 0 Å². The summed E-state index contributed by atoms with van der Waals surface area (Å²) in [5.41, 5.74) is 8.09. The SMILES string of the molecule is CCn1c(C2CCCN2CCN)nc2ccccc21.Cl. The minimum Gasteiger partial charge on any atom is -0.329 e. The standard InChI is InChI=1S/C15H22N4.ClH/c1-2-19-13-7-4-3-6-12(13)17-15(19)14-8-5-10-18(14)11-9-16;/h3-4,6-7,14H,2,5,8-11,16H2,1H3;1H. The lowest BCUT2D eigenvalue weighted by Crippen LogP contribution is -2.30. The van der Waals surface area contributed by atoms with Gasteiger partial charge in [-0.2, -0.15) is 0 Å². The topological polar surface area (TPSA) is 47.1 Å². The monoisotopic (exact) mass is 294 g/mol. The summed E-state index contributed by atoms with van der Waals surface area (Å²) in [6, 6.07) is 8.86. The third-order valence-electron chi connectivity index (χ3n) is 4.08. The molecule has 1 aliphatic rings. The van der Waals surface area contributed by atoms with Crippen molar-refractivity contribution in [2.45, 2.75) is 32.4 Å². The van der Waals surface area contributed by atoms with Gasteiger partial charge in [-0.3, -0.25) is 4.90 Å². The van der Waals surface area contributed by atoms with Gasteiger partial charge in [-0.05, 0) is 38.4 Å². The highest BCUT2D eigenvalue weighted by Gasteiger charge is 2.29. The van der Waals surface area contributed by atoms with Crippen LogP contribution in [0.15, 0.2) is 24.3 Å². The molecule has 2 N–H and O–H groups in total. The van der Waals surface area contributed by atoms with Gasteiger partial charge in [0.2, 0.25) is 0 Å². The van der Waals surface area contributed by atoms with E-state index >= 15 is 0 Å². The number of imidazole rings is 1. The van der Waals surface area contributed by atoms with Crippen molar-refractivity contribution in [1.82, 2.24) is 14.5 Å².